The summed E-state index contributed by atoms with van der Waals surface area (Å²) in [6, 6.07) is 8.89. The van der Waals surface area contributed by atoms with Crippen molar-refractivity contribution >= 4 is 21.7 Å². The number of nitrogens with one attached hydrogen (secondary N) is 1. The number of Topliss-reactive ketones (excluding diaryl/α,β-unsaturated/α-hetero) is 1. The van der Waals surface area contributed by atoms with Crippen LogP contribution in [0.15, 0.2) is 41.2 Å². The average Bonchev–Trinajstić information content (AvgIpc) is 2.37. The van der Waals surface area contributed by atoms with Gasteiger partial charge in [0, 0.05) is 17.3 Å². The molecule has 2 rings (SSSR count). The summed E-state index contributed by atoms with van der Waals surface area (Å²) >= 11 is 2.99. The molecule has 2 aromatic rings. The van der Waals surface area contributed by atoms with Crippen molar-refractivity contribution in [1.82, 2.24) is 4.98 Å². The summed E-state index contributed by atoms with van der Waals surface area (Å²) in [7, 11) is 0. The first-order valence-electron chi connectivity index (χ1n) is 5.20. The molecule has 0 atom stereocenters. The van der Waals surface area contributed by atoms with Crippen LogP contribution in [0.1, 0.15) is 10.4 Å². The van der Waals surface area contributed by atoms with Crippen molar-refractivity contribution in [3.05, 3.63) is 58.1 Å². The Kier molecular flexibility index (Phi) is 3.72. The Balaban J connectivity index is 2.46. The predicted molar refractivity (Wildman–Crippen MR) is 70.6 cm³/mol. The first-order valence-corrected chi connectivity index (χ1v) is 6.32. The number of aromatic amines is 1. The summed E-state index contributed by atoms with van der Waals surface area (Å²) in [6.07, 6.45) is 0. The molecule has 0 fully saturated rings. The van der Waals surface area contributed by atoms with Crippen LogP contribution >= 0.6 is 15.9 Å². The Morgan fingerprint density at radius 3 is 2.67 bits per heavy atom. The molecule has 0 unspecified atom stereocenters. The number of benzene rings is 1. The van der Waals surface area contributed by atoms with Gasteiger partial charge in [0.1, 0.15) is 5.82 Å². The van der Waals surface area contributed by atoms with Crippen molar-refractivity contribution in [3.8, 4) is 11.3 Å². The third-order valence-electron chi connectivity index (χ3n) is 2.47. The molecule has 5 heteroatoms. The maximum Gasteiger partial charge on any atom is 0.248 e. The van der Waals surface area contributed by atoms with Gasteiger partial charge >= 0.3 is 0 Å². The fourth-order valence-corrected chi connectivity index (χ4v) is 1.90. The van der Waals surface area contributed by atoms with Gasteiger partial charge in [0.15, 0.2) is 5.78 Å². The number of aromatic nitrogens is 1. The van der Waals surface area contributed by atoms with E-state index >= 15 is 0 Å². The van der Waals surface area contributed by atoms with Crippen molar-refractivity contribution < 1.29 is 9.18 Å². The zero-order valence-corrected chi connectivity index (χ0v) is 10.8. The first-order chi connectivity index (χ1) is 8.61. The van der Waals surface area contributed by atoms with Gasteiger partial charge in [-0.05, 0) is 18.2 Å². The molecular formula is C13H9BrFNO2. The van der Waals surface area contributed by atoms with E-state index in [-0.39, 0.29) is 22.2 Å². The normalized spacial score (nSPS) is 10.3. The topological polar surface area (TPSA) is 49.9 Å². The number of hydrogen-bond acceptors (Lipinski definition) is 2. The number of hydrogen-bond donors (Lipinski definition) is 1. The highest BCUT2D eigenvalue weighted by Gasteiger charge is 2.11. The third kappa shape index (κ3) is 2.56. The van der Waals surface area contributed by atoms with Gasteiger partial charge in [0.25, 0.3) is 0 Å². The molecule has 92 valence electrons. The average molecular weight is 310 g/mol. The standard InChI is InChI=1S/C13H9BrFNO2/c14-7-12(17)9-5-4-8(6-10(9)15)11-2-1-3-13(18)16-11/h1-6H,7H2,(H,16,18). The zero-order valence-electron chi connectivity index (χ0n) is 9.24. The van der Waals surface area contributed by atoms with Crippen molar-refractivity contribution in [1.29, 1.82) is 0 Å². The van der Waals surface area contributed by atoms with E-state index < -0.39 is 5.82 Å². The van der Waals surface area contributed by atoms with Gasteiger partial charge in [-0.3, -0.25) is 9.59 Å². The number of ketones is 1. The van der Waals surface area contributed by atoms with Crippen LogP contribution in [0.25, 0.3) is 11.3 Å². The summed E-state index contributed by atoms with van der Waals surface area (Å²) in [4.78, 5) is 25.1. The number of halogens is 2. The van der Waals surface area contributed by atoms with E-state index in [0.29, 0.717) is 11.3 Å². The minimum atomic E-state index is -0.596. The van der Waals surface area contributed by atoms with E-state index in [1.165, 1.54) is 18.2 Å². The molecule has 1 N–H and O–H groups in total. The molecule has 0 saturated heterocycles. The maximum atomic E-state index is 13.7. The lowest BCUT2D eigenvalue weighted by molar-refractivity contribution is 0.102. The Hall–Kier alpha value is -1.75. The third-order valence-corrected chi connectivity index (χ3v) is 2.98. The molecule has 0 saturated carbocycles. The fraction of sp³-hybridized carbons (Fsp3) is 0.0769. The lowest BCUT2D eigenvalue weighted by Gasteiger charge is -2.04. The van der Waals surface area contributed by atoms with Gasteiger partial charge in [-0.1, -0.05) is 28.1 Å². The number of alkyl halides is 1. The second-order valence-corrected chi connectivity index (χ2v) is 4.24. The molecule has 0 radical (unpaired) electrons. The Labute approximate surface area is 111 Å². The van der Waals surface area contributed by atoms with Gasteiger partial charge in [-0.15, -0.1) is 0 Å². The van der Waals surface area contributed by atoms with Crippen LogP contribution in [-0.4, -0.2) is 16.1 Å². The van der Waals surface area contributed by atoms with E-state index in [4.69, 9.17) is 0 Å². The van der Waals surface area contributed by atoms with E-state index in [0.717, 1.165) is 0 Å². The zero-order chi connectivity index (χ0) is 13.1. The maximum absolute atomic E-state index is 13.7. The molecule has 0 aliphatic heterocycles. The SMILES string of the molecule is O=C(CBr)c1ccc(-c2cccc(=O)[nH]2)cc1F. The highest BCUT2D eigenvalue weighted by atomic mass is 79.9. The van der Waals surface area contributed by atoms with Crippen molar-refractivity contribution in [2.24, 2.45) is 0 Å². The van der Waals surface area contributed by atoms with Crippen LogP contribution in [0, 0.1) is 5.82 Å². The highest BCUT2D eigenvalue weighted by molar-refractivity contribution is 9.09. The molecule has 1 aromatic carbocycles. The van der Waals surface area contributed by atoms with E-state index in [2.05, 4.69) is 20.9 Å². The Bertz CT molecular complexity index is 651. The molecule has 0 spiro atoms. The first kappa shape index (κ1) is 12.7. The van der Waals surface area contributed by atoms with E-state index in [1.54, 1.807) is 18.2 Å². The summed E-state index contributed by atoms with van der Waals surface area (Å²) < 4.78 is 13.7. The van der Waals surface area contributed by atoms with E-state index in [1.807, 2.05) is 0 Å². The van der Waals surface area contributed by atoms with Crippen LogP contribution < -0.4 is 5.56 Å². The lowest BCUT2D eigenvalue weighted by Crippen LogP contribution is -2.05. The van der Waals surface area contributed by atoms with Crippen molar-refractivity contribution in [3.63, 3.8) is 0 Å². The molecular weight excluding hydrogens is 301 g/mol. The van der Waals surface area contributed by atoms with Crippen LogP contribution in [0.2, 0.25) is 0 Å². The van der Waals surface area contributed by atoms with Gasteiger partial charge in [-0.2, -0.15) is 0 Å². The molecule has 0 aliphatic carbocycles. The molecule has 1 heterocycles. The number of H-pyrrole nitrogens is 1. The van der Waals surface area contributed by atoms with Crippen LogP contribution in [-0.2, 0) is 0 Å². The van der Waals surface area contributed by atoms with Crippen molar-refractivity contribution in [2.45, 2.75) is 0 Å². The summed E-state index contributed by atoms with van der Waals surface area (Å²) in [5.74, 6) is -0.915. The van der Waals surface area contributed by atoms with E-state index in [9.17, 15) is 14.0 Å². The van der Waals surface area contributed by atoms with Crippen LogP contribution in [0.3, 0.4) is 0 Å². The van der Waals surface area contributed by atoms with Crippen molar-refractivity contribution in [2.75, 3.05) is 5.33 Å². The highest BCUT2D eigenvalue weighted by Crippen LogP contribution is 2.19. The fourth-order valence-electron chi connectivity index (χ4n) is 1.60. The lowest BCUT2D eigenvalue weighted by atomic mass is 10.1. The second kappa shape index (κ2) is 5.27. The number of carbonyl (C=O) groups excluding carboxylic acids is 1. The predicted octanol–water partition coefficient (Wildman–Crippen LogP) is 2.76. The molecule has 0 aliphatic rings. The smallest absolute Gasteiger partial charge is 0.248 e. The molecule has 18 heavy (non-hydrogen) atoms. The molecule has 0 amide bonds. The van der Waals surface area contributed by atoms with Gasteiger partial charge in [0.05, 0.1) is 10.9 Å². The van der Waals surface area contributed by atoms with Gasteiger partial charge < -0.3 is 4.98 Å². The van der Waals surface area contributed by atoms with Gasteiger partial charge in [-0.25, -0.2) is 4.39 Å². The Morgan fingerprint density at radius 1 is 1.28 bits per heavy atom. The minimum absolute atomic E-state index is 0.0360. The molecule has 0 bridgehead atoms. The number of pyridine rings is 1. The quantitative estimate of drug-likeness (QED) is 0.700. The molecule has 3 nitrogen and oxygen atoms in total. The number of rotatable bonds is 3. The van der Waals surface area contributed by atoms with Crippen LogP contribution in [0.4, 0.5) is 4.39 Å². The minimum Gasteiger partial charge on any atom is -0.322 e. The molecule has 1 aromatic heterocycles. The second-order valence-electron chi connectivity index (χ2n) is 3.68. The summed E-state index contributed by atoms with van der Waals surface area (Å²) in [6.45, 7) is 0. The summed E-state index contributed by atoms with van der Waals surface area (Å²) in [5, 5.41) is 0.0748. The summed E-state index contributed by atoms with van der Waals surface area (Å²) in [5.41, 5.74) is 0.818. The largest absolute Gasteiger partial charge is 0.322 e. The van der Waals surface area contributed by atoms with Gasteiger partial charge in [0.2, 0.25) is 5.56 Å². The van der Waals surface area contributed by atoms with Crippen LogP contribution in [0.5, 0.6) is 0 Å². The Morgan fingerprint density at radius 2 is 2.06 bits per heavy atom. The number of carbonyl (C=O) groups is 1. The monoisotopic (exact) mass is 309 g/mol.